The Balaban J connectivity index is 1.60. The summed E-state index contributed by atoms with van der Waals surface area (Å²) in [7, 11) is 5.03. The van der Waals surface area contributed by atoms with E-state index in [-0.39, 0.29) is 5.41 Å². The maximum Gasteiger partial charge on any atom is 0.174 e. The van der Waals surface area contributed by atoms with Crippen LogP contribution in [0, 0.1) is 11.3 Å². The molecule has 45 heavy (non-hydrogen) atoms. The molecule has 0 aromatic heterocycles. The number of fused-ring (bicyclic) bond motifs is 8. The second kappa shape index (κ2) is 10.9. The van der Waals surface area contributed by atoms with Crippen molar-refractivity contribution in [3.8, 4) is 40.2 Å². The third-order valence-electron chi connectivity index (χ3n) is 10.2. The Morgan fingerprint density at radius 3 is 2.24 bits per heavy atom. The fraction of sp³-hybridized carbons (Fsp3) is 0.275. The van der Waals surface area contributed by atoms with Gasteiger partial charge in [0.1, 0.15) is 11.5 Å². The molecule has 0 fully saturated rings. The van der Waals surface area contributed by atoms with E-state index in [2.05, 4.69) is 86.7 Å². The quantitative estimate of drug-likeness (QED) is 0.213. The van der Waals surface area contributed by atoms with E-state index in [1.165, 1.54) is 22.3 Å². The fourth-order valence-electron chi connectivity index (χ4n) is 7.85. The standard InChI is InChI=1S/C40H37NO4/c1-6-39(7-2)33-21-25(24-41)13-18-29(33)36-31-22-34(43-4)35(44-5)23-32(31)38-30(37(36)39)19-20-40(45-38,26-11-9-8-10-12-26)27-14-16-28(42-3)17-15-27/h8-9,11,13-23H,6-7,10,12H2,1-5H3. The number of nitrogens with zero attached hydrogens (tertiary/aromatic N) is 1. The van der Waals surface area contributed by atoms with Crippen LogP contribution in [0.25, 0.3) is 28.0 Å². The predicted octanol–water partition coefficient (Wildman–Crippen LogP) is 9.40. The third kappa shape index (κ3) is 4.05. The largest absolute Gasteiger partial charge is 0.497 e. The fourth-order valence-corrected chi connectivity index (χ4v) is 7.85. The summed E-state index contributed by atoms with van der Waals surface area (Å²) in [6.45, 7) is 4.50. The molecular weight excluding hydrogens is 558 g/mol. The Hall–Kier alpha value is -4.95. The van der Waals surface area contributed by atoms with Gasteiger partial charge in [-0.2, -0.15) is 5.26 Å². The van der Waals surface area contributed by atoms with Crippen LogP contribution in [0.5, 0.6) is 23.0 Å². The van der Waals surface area contributed by atoms with E-state index in [4.69, 9.17) is 18.9 Å². The molecule has 5 nitrogen and oxygen atoms in total. The number of allylic oxidation sites excluding steroid dienone is 3. The number of hydrogen-bond acceptors (Lipinski definition) is 5. The highest BCUT2D eigenvalue weighted by Gasteiger charge is 2.47. The Kier molecular flexibility index (Phi) is 6.97. The van der Waals surface area contributed by atoms with Gasteiger partial charge in [-0.1, -0.05) is 56.4 Å². The van der Waals surface area contributed by atoms with Crippen LogP contribution in [0.2, 0.25) is 0 Å². The summed E-state index contributed by atoms with van der Waals surface area (Å²) >= 11 is 0. The lowest BCUT2D eigenvalue weighted by atomic mass is 9.70. The zero-order valence-electron chi connectivity index (χ0n) is 26.5. The van der Waals surface area contributed by atoms with E-state index in [0.29, 0.717) is 17.1 Å². The Labute approximate surface area is 265 Å². The highest BCUT2D eigenvalue weighted by molar-refractivity contribution is 6.09. The molecule has 0 amide bonds. The van der Waals surface area contributed by atoms with Gasteiger partial charge in [-0.15, -0.1) is 0 Å². The minimum absolute atomic E-state index is 0.288. The van der Waals surface area contributed by atoms with Crippen LogP contribution in [0.3, 0.4) is 0 Å². The molecule has 226 valence electrons. The van der Waals surface area contributed by atoms with Crippen molar-refractivity contribution in [1.29, 1.82) is 5.26 Å². The van der Waals surface area contributed by atoms with Crippen LogP contribution >= 0.6 is 0 Å². The molecule has 1 unspecified atom stereocenters. The van der Waals surface area contributed by atoms with Gasteiger partial charge in [0.05, 0.1) is 33.0 Å². The van der Waals surface area contributed by atoms with E-state index in [9.17, 15) is 5.26 Å². The van der Waals surface area contributed by atoms with Crippen LogP contribution in [0.4, 0.5) is 0 Å². The van der Waals surface area contributed by atoms with Gasteiger partial charge in [-0.3, -0.25) is 0 Å². The van der Waals surface area contributed by atoms with E-state index < -0.39 is 5.60 Å². The van der Waals surface area contributed by atoms with Crippen molar-refractivity contribution < 1.29 is 18.9 Å². The number of benzene rings is 4. The molecule has 0 radical (unpaired) electrons. The third-order valence-corrected chi connectivity index (χ3v) is 10.2. The molecule has 1 heterocycles. The lowest BCUT2D eigenvalue weighted by Crippen LogP contribution is -2.36. The summed E-state index contributed by atoms with van der Waals surface area (Å²) in [5.41, 5.74) is 7.70. The first-order valence-electron chi connectivity index (χ1n) is 15.7. The summed E-state index contributed by atoms with van der Waals surface area (Å²) in [5.74, 6) is 2.95. The Morgan fingerprint density at radius 2 is 1.62 bits per heavy atom. The van der Waals surface area contributed by atoms with Crippen LogP contribution in [0.1, 0.15) is 67.3 Å². The van der Waals surface area contributed by atoms with E-state index in [1.807, 2.05) is 18.2 Å². The summed E-state index contributed by atoms with van der Waals surface area (Å²) in [6, 6.07) is 20.9. The number of ether oxygens (including phenoxy) is 4. The summed E-state index contributed by atoms with van der Waals surface area (Å²) in [6.07, 6.45) is 14.7. The molecule has 5 heteroatoms. The first kappa shape index (κ1) is 28.8. The van der Waals surface area contributed by atoms with Gasteiger partial charge in [0.25, 0.3) is 0 Å². The normalized spacial score (nSPS) is 18.7. The maximum absolute atomic E-state index is 9.88. The SMILES string of the molecule is CCC1(CC)c2cc(C#N)ccc2-c2c1c1c(c3cc(OC)c(OC)cc23)OC(C2=CC=CCC2)(c2ccc(OC)cc2)C=C1. The van der Waals surface area contributed by atoms with Gasteiger partial charge in [0.15, 0.2) is 17.1 Å². The van der Waals surface area contributed by atoms with Gasteiger partial charge < -0.3 is 18.9 Å². The van der Waals surface area contributed by atoms with Gasteiger partial charge in [0, 0.05) is 21.9 Å². The molecule has 7 rings (SSSR count). The molecule has 2 aliphatic carbocycles. The van der Waals surface area contributed by atoms with Gasteiger partial charge >= 0.3 is 0 Å². The molecule has 1 aliphatic heterocycles. The second-order valence-corrected chi connectivity index (χ2v) is 12.0. The zero-order chi connectivity index (χ0) is 31.3. The van der Waals surface area contributed by atoms with Crippen LogP contribution in [0.15, 0.2) is 84.5 Å². The van der Waals surface area contributed by atoms with Gasteiger partial charge in [-0.25, -0.2) is 0 Å². The molecule has 0 bridgehead atoms. The molecule has 4 aromatic carbocycles. The van der Waals surface area contributed by atoms with Crippen molar-refractivity contribution in [1.82, 2.24) is 0 Å². The highest BCUT2D eigenvalue weighted by Crippen LogP contribution is 2.61. The monoisotopic (exact) mass is 595 g/mol. The lowest BCUT2D eigenvalue weighted by molar-refractivity contribution is 0.154. The number of rotatable bonds is 7. The minimum atomic E-state index is -0.807. The van der Waals surface area contributed by atoms with Crippen molar-refractivity contribution in [2.45, 2.75) is 50.5 Å². The molecule has 4 aromatic rings. The molecule has 0 spiro atoms. The van der Waals surface area contributed by atoms with E-state index in [1.54, 1.807) is 21.3 Å². The van der Waals surface area contributed by atoms with Crippen molar-refractivity contribution >= 4 is 16.8 Å². The number of nitriles is 1. The molecule has 0 saturated heterocycles. The van der Waals surface area contributed by atoms with E-state index >= 15 is 0 Å². The molecule has 0 saturated carbocycles. The number of hydrogen-bond donors (Lipinski definition) is 0. The first-order chi connectivity index (χ1) is 22.0. The maximum atomic E-state index is 9.88. The van der Waals surface area contributed by atoms with Gasteiger partial charge in [-0.05, 0) is 101 Å². The Bertz CT molecular complexity index is 1970. The molecule has 0 N–H and O–H groups in total. The zero-order valence-corrected chi connectivity index (χ0v) is 26.5. The highest BCUT2D eigenvalue weighted by atomic mass is 16.5. The topological polar surface area (TPSA) is 60.7 Å². The number of methoxy groups -OCH3 is 3. The van der Waals surface area contributed by atoms with Crippen molar-refractivity contribution in [2.24, 2.45) is 0 Å². The first-order valence-corrected chi connectivity index (χ1v) is 15.7. The van der Waals surface area contributed by atoms with Crippen molar-refractivity contribution in [2.75, 3.05) is 21.3 Å². The predicted molar refractivity (Wildman–Crippen MR) is 179 cm³/mol. The minimum Gasteiger partial charge on any atom is -0.497 e. The van der Waals surface area contributed by atoms with Gasteiger partial charge in [0.2, 0.25) is 0 Å². The van der Waals surface area contributed by atoms with E-state index in [0.717, 1.165) is 64.6 Å². The second-order valence-electron chi connectivity index (χ2n) is 12.0. The summed E-state index contributed by atoms with van der Waals surface area (Å²) in [5, 5.41) is 11.9. The Morgan fingerprint density at radius 1 is 0.889 bits per heavy atom. The van der Waals surface area contributed by atoms with Crippen LogP contribution < -0.4 is 18.9 Å². The van der Waals surface area contributed by atoms with Crippen LogP contribution in [-0.4, -0.2) is 21.3 Å². The smallest absolute Gasteiger partial charge is 0.174 e. The average molecular weight is 596 g/mol. The average Bonchev–Trinajstić information content (AvgIpc) is 3.41. The van der Waals surface area contributed by atoms with Crippen molar-refractivity contribution in [3.05, 3.63) is 112 Å². The summed E-state index contributed by atoms with van der Waals surface area (Å²) in [4.78, 5) is 0. The molecule has 1 atom stereocenters. The molecule has 3 aliphatic rings. The summed E-state index contributed by atoms with van der Waals surface area (Å²) < 4.78 is 24.7. The van der Waals surface area contributed by atoms with Crippen LogP contribution in [-0.2, 0) is 11.0 Å². The lowest BCUT2D eigenvalue weighted by Gasteiger charge is -2.41. The molecular formula is C40H37NO4. The van der Waals surface area contributed by atoms with Crippen molar-refractivity contribution in [3.63, 3.8) is 0 Å².